The van der Waals surface area contributed by atoms with Gasteiger partial charge in [-0.25, -0.2) is 9.97 Å². The first-order valence-corrected chi connectivity index (χ1v) is 13.0. The lowest BCUT2D eigenvalue weighted by Gasteiger charge is -2.23. The standard InChI is InChI=1S/C32H30N4O2/c1-2-7-31-28(6-1)16-26(18-35-31)22-36-10-11-37-12-13-38-32-9-8-27(30-19-33-23-34-20-30)17-29(32)15-24-4-3-5-25(14-24)21-36/h1-9,14,16-20,23H,10-13,15,21-22H2. The minimum Gasteiger partial charge on any atom is -0.491 e. The number of benzene rings is 3. The Morgan fingerprint density at radius 3 is 2.61 bits per heavy atom. The summed E-state index contributed by atoms with van der Waals surface area (Å²) in [5.41, 5.74) is 7.98. The second kappa shape index (κ2) is 11.5. The number of pyridine rings is 1. The Labute approximate surface area is 222 Å². The molecule has 3 aromatic carbocycles. The Balaban J connectivity index is 1.27. The van der Waals surface area contributed by atoms with E-state index in [0.717, 1.165) is 54.0 Å². The molecule has 0 saturated heterocycles. The molecule has 2 bridgehead atoms. The molecular weight excluding hydrogens is 472 g/mol. The minimum atomic E-state index is 0.509. The highest BCUT2D eigenvalue weighted by Crippen LogP contribution is 2.29. The van der Waals surface area contributed by atoms with Crippen LogP contribution in [0.15, 0.2) is 97.7 Å². The van der Waals surface area contributed by atoms with Crippen LogP contribution in [0.1, 0.15) is 22.3 Å². The van der Waals surface area contributed by atoms with Crippen LogP contribution >= 0.6 is 0 Å². The van der Waals surface area contributed by atoms with Crippen molar-refractivity contribution < 1.29 is 9.47 Å². The molecular formula is C32H30N4O2. The van der Waals surface area contributed by atoms with Crippen LogP contribution < -0.4 is 4.74 Å². The normalized spacial score (nSPS) is 14.8. The van der Waals surface area contributed by atoms with E-state index in [1.165, 1.54) is 22.1 Å². The Hall–Kier alpha value is -4.13. The van der Waals surface area contributed by atoms with Gasteiger partial charge in [0.2, 0.25) is 0 Å². The van der Waals surface area contributed by atoms with E-state index in [-0.39, 0.29) is 0 Å². The lowest BCUT2D eigenvalue weighted by Crippen LogP contribution is -2.27. The lowest BCUT2D eigenvalue weighted by molar-refractivity contribution is 0.0757. The van der Waals surface area contributed by atoms with Crippen LogP contribution in [0.2, 0.25) is 0 Å². The third-order valence-corrected chi connectivity index (χ3v) is 6.84. The first-order chi connectivity index (χ1) is 18.8. The number of aromatic nitrogens is 3. The third-order valence-electron chi connectivity index (χ3n) is 6.84. The molecule has 5 aromatic rings. The number of ether oxygens (including phenoxy) is 2. The predicted molar refractivity (Wildman–Crippen MR) is 149 cm³/mol. The molecule has 0 spiro atoms. The summed E-state index contributed by atoms with van der Waals surface area (Å²) in [5, 5.41) is 1.17. The van der Waals surface area contributed by atoms with Crippen molar-refractivity contribution in [1.29, 1.82) is 0 Å². The van der Waals surface area contributed by atoms with E-state index in [9.17, 15) is 0 Å². The van der Waals surface area contributed by atoms with Crippen LogP contribution in [-0.2, 0) is 24.2 Å². The van der Waals surface area contributed by atoms with Crippen LogP contribution in [0.5, 0.6) is 5.75 Å². The number of hydrogen-bond donors (Lipinski definition) is 0. The maximum absolute atomic E-state index is 6.18. The van der Waals surface area contributed by atoms with Crippen molar-refractivity contribution in [3.63, 3.8) is 0 Å². The highest BCUT2D eigenvalue weighted by molar-refractivity contribution is 5.78. The zero-order valence-corrected chi connectivity index (χ0v) is 21.3. The molecule has 6 nitrogen and oxygen atoms in total. The van der Waals surface area contributed by atoms with E-state index < -0.39 is 0 Å². The molecule has 38 heavy (non-hydrogen) atoms. The first-order valence-electron chi connectivity index (χ1n) is 13.0. The fourth-order valence-corrected chi connectivity index (χ4v) is 4.98. The maximum atomic E-state index is 6.18. The first kappa shape index (κ1) is 24.2. The van der Waals surface area contributed by atoms with Crippen molar-refractivity contribution in [3.05, 3.63) is 120 Å². The van der Waals surface area contributed by atoms with Crippen molar-refractivity contribution in [2.24, 2.45) is 0 Å². The zero-order valence-electron chi connectivity index (χ0n) is 21.3. The second-order valence-electron chi connectivity index (χ2n) is 9.65. The Morgan fingerprint density at radius 2 is 1.66 bits per heavy atom. The molecule has 6 rings (SSSR count). The van der Waals surface area contributed by atoms with Gasteiger partial charge in [-0.1, -0.05) is 48.5 Å². The Bertz CT molecular complexity index is 1520. The molecule has 6 heteroatoms. The van der Waals surface area contributed by atoms with Crippen LogP contribution in [0.25, 0.3) is 22.0 Å². The maximum Gasteiger partial charge on any atom is 0.122 e. The predicted octanol–water partition coefficient (Wildman–Crippen LogP) is 5.69. The highest BCUT2D eigenvalue weighted by Gasteiger charge is 2.13. The summed E-state index contributed by atoms with van der Waals surface area (Å²) < 4.78 is 12.2. The third kappa shape index (κ3) is 5.88. The van der Waals surface area contributed by atoms with Gasteiger partial charge in [-0.15, -0.1) is 0 Å². The van der Waals surface area contributed by atoms with E-state index in [2.05, 4.69) is 80.5 Å². The Kier molecular flexibility index (Phi) is 7.33. The topological polar surface area (TPSA) is 60.4 Å². The largest absolute Gasteiger partial charge is 0.491 e. The zero-order chi connectivity index (χ0) is 25.6. The highest BCUT2D eigenvalue weighted by atomic mass is 16.5. The lowest BCUT2D eigenvalue weighted by atomic mass is 9.98. The van der Waals surface area contributed by atoms with Crippen molar-refractivity contribution in [2.75, 3.05) is 26.4 Å². The van der Waals surface area contributed by atoms with Gasteiger partial charge < -0.3 is 9.47 Å². The number of fused-ring (bicyclic) bond motifs is 4. The minimum absolute atomic E-state index is 0.509. The van der Waals surface area contributed by atoms with Gasteiger partial charge >= 0.3 is 0 Å². The molecule has 2 aromatic heterocycles. The second-order valence-corrected chi connectivity index (χ2v) is 9.65. The molecule has 0 N–H and O–H groups in total. The van der Waals surface area contributed by atoms with E-state index in [1.807, 2.05) is 30.7 Å². The number of nitrogens with zero attached hydrogens (tertiary/aromatic N) is 4. The van der Waals surface area contributed by atoms with Gasteiger partial charge in [0, 0.05) is 55.6 Å². The molecule has 0 fully saturated rings. The Morgan fingerprint density at radius 1 is 0.763 bits per heavy atom. The summed E-state index contributed by atoms with van der Waals surface area (Å²) in [4.78, 5) is 15.5. The summed E-state index contributed by atoms with van der Waals surface area (Å²) in [6.45, 7) is 4.18. The molecule has 0 radical (unpaired) electrons. The quantitative estimate of drug-likeness (QED) is 0.316. The van der Waals surface area contributed by atoms with Gasteiger partial charge in [0.1, 0.15) is 18.7 Å². The van der Waals surface area contributed by atoms with E-state index >= 15 is 0 Å². The molecule has 190 valence electrons. The van der Waals surface area contributed by atoms with Gasteiger partial charge in [-0.05, 0) is 52.1 Å². The van der Waals surface area contributed by atoms with Gasteiger partial charge in [0.05, 0.1) is 18.7 Å². The SMILES string of the molecule is c1cc2cc(c1)CN(Cc1cnc3ccccc3c1)CCOCCOc1ccc(-c3cncnc3)cc1C2. The molecule has 0 saturated carbocycles. The van der Waals surface area contributed by atoms with E-state index in [4.69, 9.17) is 9.47 Å². The average Bonchev–Trinajstić information content (AvgIpc) is 2.95. The molecule has 1 aliphatic heterocycles. The molecule has 0 unspecified atom stereocenters. The number of para-hydroxylation sites is 1. The van der Waals surface area contributed by atoms with Crippen molar-refractivity contribution >= 4 is 10.9 Å². The van der Waals surface area contributed by atoms with Crippen molar-refractivity contribution in [3.8, 4) is 16.9 Å². The molecule has 0 atom stereocenters. The monoisotopic (exact) mass is 502 g/mol. The summed E-state index contributed by atoms with van der Waals surface area (Å²) in [6, 6.07) is 25.7. The fraction of sp³-hybridized carbons (Fsp3) is 0.219. The van der Waals surface area contributed by atoms with Gasteiger partial charge in [-0.3, -0.25) is 9.88 Å². The van der Waals surface area contributed by atoms with Crippen molar-refractivity contribution in [1.82, 2.24) is 19.9 Å². The summed E-state index contributed by atoms with van der Waals surface area (Å²) in [5.74, 6) is 0.891. The summed E-state index contributed by atoms with van der Waals surface area (Å²) in [7, 11) is 0. The summed E-state index contributed by atoms with van der Waals surface area (Å²) in [6.07, 6.45) is 8.00. The van der Waals surface area contributed by atoms with Gasteiger partial charge in [0.15, 0.2) is 0 Å². The van der Waals surface area contributed by atoms with Gasteiger partial charge in [-0.2, -0.15) is 0 Å². The summed E-state index contributed by atoms with van der Waals surface area (Å²) >= 11 is 0. The van der Waals surface area contributed by atoms with Crippen LogP contribution in [-0.4, -0.2) is 46.2 Å². The number of hydrogen-bond acceptors (Lipinski definition) is 6. The molecule has 0 amide bonds. The molecule has 3 heterocycles. The average molecular weight is 503 g/mol. The van der Waals surface area contributed by atoms with Crippen LogP contribution in [0, 0.1) is 0 Å². The molecule has 1 aliphatic rings. The van der Waals surface area contributed by atoms with Crippen LogP contribution in [0.3, 0.4) is 0 Å². The van der Waals surface area contributed by atoms with E-state index in [0.29, 0.717) is 19.8 Å². The van der Waals surface area contributed by atoms with Crippen LogP contribution in [0.4, 0.5) is 0 Å². The fourth-order valence-electron chi connectivity index (χ4n) is 4.98. The van der Waals surface area contributed by atoms with Crippen molar-refractivity contribution in [2.45, 2.75) is 19.5 Å². The van der Waals surface area contributed by atoms with E-state index in [1.54, 1.807) is 6.33 Å². The van der Waals surface area contributed by atoms with Gasteiger partial charge in [0.25, 0.3) is 0 Å². The smallest absolute Gasteiger partial charge is 0.122 e. The number of rotatable bonds is 3. The molecule has 0 aliphatic carbocycles.